The highest BCUT2D eigenvalue weighted by atomic mass is 32.2. The zero-order valence-corrected chi connectivity index (χ0v) is 20.4. The first kappa shape index (κ1) is 24.8. The maximum Gasteiger partial charge on any atom is 0.272 e. The van der Waals surface area contributed by atoms with Gasteiger partial charge in [0.05, 0.1) is 21.8 Å². The highest BCUT2D eigenvalue weighted by Gasteiger charge is 2.60. The van der Waals surface area contributed by atoms with Crippen LogP contribution in [0.5, 0.6) is 0 Å². The lowest BCUT2D eigenvalue weighted by atomic mass is 10.0. The maximum absolute atomic E-state index is 13.2. The van der Waals surface area contributed by atoms with Crippen LogP contribution < -0.4 is 5.32 Å². The van der Waals surface area contributed by atoms with Gasteiger partial charge >= 0.3 is 0 Å². The van der Waals surface area contributed by atoms with E-state index < -0.39 is 38.1 Å². The summed E-state index contributed by atoms with van der Waals surface area (Å²) in [6.07, 6.45) is 0.290. The van der Waals surface area contributed by atoms with Gasteiger partial charge in [0.1, 0.15) is 5.82 Å². The fourth-order valence-corrected chi connectivity index (χ4v) is 6.93. The van der Waals surface area contributed by atoms with E-state index in [4.69, 9.17) is 0 Å². The van der Waals surface area contributed by atoms with Crippen molar-refractivity contribution in [2.45, 2.75) is 55.4 Å². The Kier molecular flexibility index (Phi) is 6.34. The molecule has 0 radical (unpaired) electrons. The Hall–Kier alpha value is -2.34. The van der Waals surface area contributed by atoms with Crippen LogP contribution in [0.15, 0.2) is 24.3 Å². The van der Waals surface area contributed by atoms with Crippen molar-refractivity contribution in [3.8, 4) is 0 Å². The number of nitrogens with one attached hydrogen (secondary N) is 1. The van der Waals surface area contributed by atoms with Gasteiger partial charge in [-0.05, 0) is 50.8 Å². The van der Waals surface area contributed by atoms with Crippen molar-refractivity contribution in [1.29, 1.82) is 0 Å². The molecule has 4 rings (SSSR count). The first-order valence-electron chi connectivity index (χ1n) is 11.3. The average molecular weight is 495 g/mol. The quantitative estimate of drug-likeness (QED) is 0.501. The summed E-state index contributed by atoms with van der Waals surface area (Å²) in [5, 5.41) is 27.8. The number of aromatic nitrogens is 2. The number of rotatable bonds is 8. The number of hydrogen-bond donors (Lipinski definition) is 3. The van der Waals surface area contributed by atoms with Crippen molar-refractivity contribution in [3.63, 3.8) is 0 Å². The van der Waals surface area contributed by atoms with Crippen LogP contribution >= 0.6 is 0 Å². The lowest BCUT2D eigenvalue weighted by molar-refractivity contribution is -0.0136. The highest BCUT2D eigenvalue weighted by Crippen LogP contribution is 2.49. The van der Waals surface area contributed by atoms with Crippen molar-refractivity contribution in [2.24, 2.45) is 7.05 Å². The van der Waals surface area contributed by atoms with Gasteiger partial charge in [-0.2, -0.15) is 5.10 Å². The number of carbonyl (C=O) groups excluding carboxylic acids is 1. The molecule has 1 amide bonds. The summed E-state index contributed by atoms with van der Waals surface area (Å²) < 4.78 is 38.7. The Morgan fingerprint density at radius 1 is 1.29 bits per heavy atom. The molecule has 1 aromatic carbocycles. The Morgan fingerprint density at radius 2 is 1.94 bits per heavy atom. The number of nitrogens with zero attached hydrogens (tertiary/aromatic N) is 3. The van der Waals surface area contributed by atoms with Crippen molar-refractivity contribution in [3.05, 3.63) is 52.6 Å². The van der Waals surface area contributed by atoms with Gasteiger partial charge in [0.25, 0.3) is 5.91 Å². The predicted molar refractivity (Wildman–Crippen MR) is 123 cm³/mol. The van der Waals surface area contributed by atoms with Crippen LogP contribution in [-0.4, -0.2) is 68.4 Å². The van der Waals surface area contributed by atoms with Gasteiger partial charge in [0, 0.05) is 32.2 Å². The Bertz CT molecular complexity index is 1190. The second kappa shape index (κ2) is 8.71. The summed E-state index contributed by atoms with van der Waals surface area (Å²) >= 11 is 0. The lowest BCUT2D eigenvalue weighted by Crippen LogP contribution is -2.50. The fourth-order valence-electron chi connectivity index (χ4n) is 4.61. The van der Waals surface area contributed by atoms with Crippen LogP contribution in [0.25, 0.3) is 0 Å². The molecule has 2 heterocycles. The summed E-state index contributed by atoms with van der Waals surface area (Å²) in [6.45, 7) is 3.30. The maximum atomic E-state index is 13.2. The minimum absolute atomic E-state index is 0.149. The second-order valence-corrected chi connectivity index (χ2v) is 12.8. The van der Waals surface area contributed by atoms with Crippen LogP contribution in [-0.2, 0) is 29.9 Å². The number of amides is 1. The van der Waals surface area contributed by atoms with Gasteiger partial charge in [-0.1, -0.05) is 12.1 Å². The number of halogens is 1. The first-order chi connectivity index (χ1) is 15.9. The van der Waals surface area contributed by atoms with E-state index in [1.54, 1.807) is 24.1 Å². The van der Waals surface area contributed by atoms with E-state index in [1.165, 1.54) is 30.7 Å². The summed E-state index contributed by atoms with van der Waals surface area (Å²) in [5.41, 5.74) is 2.06. The summed E-state index contributed by atoms with van der Waals surface area (Å²) in [6, 6.07) is 5.82. The van der Waals surface area contributed by atoms with Crippen LogP contribution in [0.3, 0.4) is 0 Å². The first-order valence-corrected chi connectivity index (χ1v) is 12.8. The summed E-state index contributed by atoms with van der Waals surface area (Å²) in [4.78, 5) is 14.5. The van der Waals surface area contributed by atoms with Crippen molar-refractivity contribution >= 4 is 15.7 Å². The molecule has 0 saturated heterocycles. The smallest absolute Gasteiger partial charge is 0.272 e. The molecule has 0 bridgehead atoms. The SMILES string of the molecule is Cn1nc(C(=O)NCc2ccc(F)cc2)c2c1C(O)N(CC1(S(=O)(=O)C(C)(C)CO)CC1)CC2. The van der Waals surface area contributed by atoms with Gasteiger partial charge in [-0.3, -0.25) is 14.4 Å². The molecule has 186 valence electrons. The van der Waals surface area contributed by atoms with Crippen LogP contribution in [0.4, 0.5) is 4.39 Å². The van der Waals surface area contributed by atoms with Crippen LogP contribution in [0.2, 0.25) is 0 Å². The molecule has 1 aliphatic carbocycles. The molecule has 1 aromatic heterocycles. The molecule has 1 aliphatic heterocycles. The Morgan fingerprint density at radius 3 is 2.53 bits per heavy atom. The monoisotopic (exact) mass is 494 g/mol. The summed E-state index contributed by atoms with van der Waals surface area (Å²) in [5.74, 6) is -0.749. The van der Waals surface area contributed by atoms with Gasteiger partial charge in [-0.25, -0.2) is 12.8 Å². The van der Waals surface area contributed by atoms with Crippen molar-refractivity contribution < 1.29 is 27.8 Å². The zero-order valence-electron chi connectivity index (χ0n) is 19.6. The normalized spacial score (nSPS) is 20.1. The van der Waals surface area contributed by atoms with E-state index in [-0.39, 0.29) is 24.6 Å². The van der Waals surface area contributed by atoms with Gasteiger partial charge in [-0.15, -0.1) is 0 Å². The molecule has 34 heavy (non-hydrogen) atoms. The van der Waals surface area contributed by atoms with E-state index in [1.807, 2.05) is 0 Å². The number of hydrogen-bond acceptors (Lipinski definition) is 7. The molecule has 9 nitrogen and oxygen atoms in total. The number of sulfone groups is 1. The fraction of sp³-hybridized carbons (Fsp3) is 0.565. The minimum Gasteiger partial charge on any atom is -0.395 e. The number of aryl methyl sites for hydroxylation is 1. The number of carbonyl (C=O) groups is 1. The Balaban J connectivity index is 1.50. The average Bonchev–Trinajstić information content (AvgIpc) is 3.51. The topological polar surface area (TPSA) is 125 Å². The third-order valence-corrected chi connectivity index (χ3v) is 10.3. The molecule has 3 N–H and O–H groups in total. The second-order valence-electron chi connectivity index (χ2n) is 9.84. The van der Waals surface area contributed by atoms with Gasteiger partial charge in [0.2, 0.25) is 0 Å². The third kappa shape index (κ3) is 4.15. The molecular weight excluding hydrogens is 463 g/mol. The zero-order chi connectivity index (χ0) is 24.9. The number of benzene rings is 1. The van der Waals surface area contributed by atoms with E-state index in [0.29, 0.717) is 37.1 Å². The highest BCUT2D eigenvalue weighted by molar-refractivity contribution is 7.94. The molecular formula is C23H31FN4O5S. The minimum atomic E-state index is -3.64. The van der Waals surface area contributed by atoms with Crippen LogP contribution in [0.1, 0.15) is 60.2 Å². The van der Waals surface area contributed by atoms with E-state index in [2.05, 4.69) is 10.4 Å². The predicted octanol–water partition coefficient (Wildman–Crippen LogP) is 1.06. The molecule has 1 fully saturated rings. The molecule has 0 spiro atoms. The van der Waals surface area contributed by atoms with E-state index in [0.717, 1.165) is 5.56 Å². The van der Waals surface area contributed by atoms with Crippen molar-refractivity contribution in [1.82, 2.24) is 20.0 Å². The van der Waals surface area contributed by atoms with Gasteiger partial charge < -0.3 is 15.5 Å². The Labute approximate surface area is 198 Å². The molecule has 1 unspecified atom stereocenters. The molecule has 2 aromatic rings. The van der Waals surface area contributed by atoms with Crippen LogP contribution in [0, 0.1) is 5.82 Å². The molecule has 1 saturated carbocycles. The number of fused-ring (bicyclic) bond motifs is 1. The largest absolute Gasteiger partial charge is 0.395 e. The van der Waals surface area contributed by atoms with Gasteiger partial charge in [0.15, 0.2) is 21.8 Å². The molecule has 1 atom stereocenters. The van der Waals surface area contributed by atoms with E-state index >= 15 is 0 Å². The molecule has 2 aliphatic rings. The number of aliphatic hydroxyl groups is 2. The summed E-state index contributed by atoms with van der Waals surface area (Å²) in [7, 11) is -2.01. The lowest BCUT2D eigenvalue weighted by Gasteiger charge is -2.37. The third-order valence-electron chi connectivity index (χ3n) is 6.99. The number of aliphatic hydroxyl groups excluding tert-OH is 2. The van der Waals surface area contributed by atoms with Crippen molar-refractivity contribution in [2.75, 3.05) is 19.7 Å². The van der Waals surface area contributed by atoms with E-state index in [9.17, 15) is 27.8 Å². The standard InChI is InChI=1S/C23H31FN4O5S/c1-22(2,14-29)34(32,33)23(9-10-23)13-28-11-8-17-18(26-27(3)19(17)21(28)31)20(30)25-12-15-4-6-16(24)7-5-15/h4-7,21,29,31H,8-14H2,1-3H3,(H,25,30). The molecule has 11 heteroatoms.